The highest BCUT2D eigenvalue weighted by Crippen LogP contribution is 2.28. The molecular weight excluding hydrogens is 288 g/mol. The highest BCUT2D eigenvalue weighted by atomic mass is 32.2. The van der Waals surface area contributed by atoms with Crippen LogP contribution in [0.5, 0.6) is 0 Å². The van der Waals surface area contributed by atoms with Gasteiger partial charge in [-0.15, -0.1) is 0 Å². The van der Waals surface area contributed by atoms with Gasteiger partial charge < -0.3 is 4.90 Å². The van der Waals surface area contributed by atoms with Gasteiger partial charge in [0.05, 0.1) is 23.7 Å². The van der Waals surface area contributed by atoms with Gasteiger partial charge in [-0.3, -0.25) is 10.1 Å². The molecule has 3 unspecified atom stereocenters. The number of hydrogen-bond acceptors (Lipinski definition) is 4. The summed E-state index contributed by atoms with van der Waals surface area (Å²) in [5.41, 5.74) is 0. The number of carbonyl (C=O) groups is 1. The molecule has 0 aromatic heterocycles. The number of sulfone groups is 1. The topological polar surface area (TPSA) is 66.5 Å². The van der Waals surface area contributed by atoms with Crippen molar-refractivity contribution in [2.24, 2.45) is 11.8 Å². The van der Waals surface area contributed by atoms with Crippen LogP contribution in [0.2, 0.25) is 0 Å². The van der Waals surface area contributed by atoms with Gasteiger partial charge in [0.2, 0.25) is 5.91 Å². The average molecular weight is 316 g/mol. The van der Waals surface area contributed by atoms with Crippen LogP contribution in [-0.4, -0.2) is 49.0 Å². The van der Waals surface area contributed by atoms with Gasteiger partial charge in [0.25, 0.3) is 0 Å². The highest BCUT2D eigenvalue weighted by molar-refractivity contribution is 7.91. The van der Waals surface area contributed by atoms with Crippen molar-refractivity contribution < 1.29 is 13.2 Å². The lowest BCUT2D eigenvalue weighted by molar-refractivity contribution is -0.132. The summed E-state index contributed by atoms with van der Waals surface area (Å²) < 4.78 is 23.5. The average Bonchev–Trinajstić information content (AvgIpc) is 2.79. The third-order valence-corrected chi connectivity index (χ3v) is 6.04. The van der Waals surface area contributed by atoms with E-state index in [1.54, 1.807) is 0 Å². The van der Waals surface area contributed by atoms with Gasteiger partial charge in [-0.25, -0.2) is 8.42 Å². The predicted molar refractivity (Wildman–Crippen MR) is 83.5 cm³/mol. The molecule has 2 aliphatic rings. The van der Waals surface area contributed by atoms with Crippen molar-refractivity contribution in [1.82, 2.24) is 10.2 Å². The Labute approximate surface area is 128 Å². The molecule has 0 bridgehead atoms. The van der Waals surface area contributed by atoms with Crippen molar-refractivity contribution in [2.75, 3.05) is 11.5 Å². The zero-order valence-electron chi connectivity index (χ0n) is 13.5. The summed E-state index contributed by atoms with van der Waals surface area (Å²) in [4.78, 5) is 14.5. The fourth-order valence-corrected chi connectivity index (χ4v) is 5.13. The molecule has 122 valence electrons. The maximum atomic E-state index is 12.7. The molecule has 0 aromatic carbocycles. The summed E-state index contributed by atoms with van der Waals surface area (Å²) in [6, 6.07) is -0.298. The largest absolute Gasteiger partial charge is 0.322 e. The van der Waals surface area contributed by atoms with Gasteiger partial charge in [-0.2, -0.15) is 0 Å². The number of amides is 1. The number of rotatable bonds is 5. The summed E-state index contributed by atoms with van der Waals surface area (Å²) >= 11 is 0. The zero-order valence-corrected chi connectivity index (χ0v) is 14.3. The van der Waals surface area contributed by atoms with Crippen molar-refractivity contribution in [3.05, 3.63) is 0 Å². The number of hydrogen-bond donors (Lipinski definition) is 1. The fraction of sp³-hybridized carbons (Fsp3) is 0.933. The van der Waals surface area contributed by atoms with E-state index in [9.17, 15) is 13.2 Å². The Balaban J connectivity index is 2.16. The molecule has 6 heteroatoms. The Morgan fingerprint density at radius 3 is 2.29 bits per heavy atom. The molecule has 5 nitrogen and oxygen atoms in total. The number of carbonyl (C=O) groups excluding carboxylic acids is 1. The summed E-state index contributed by atoms with van der Waals surface area (Å²) in [6.45, 7) is 8.47. The monoisotopic (exact) mass is 316 g/mol. The molecule has 21 heavy (non-hydrogen) atoms. The lowest BCUT2D eigenvalue weighted by atomic mass is 10.0. The molecule has 2 rings (SSSR count). The Bertz CT molecular complexity index is 487. The first-order valence-corrected chi connectivity index (χ1v) is 9.80. The molecular formula is C15H28N2O3S. The van der Waals surface area contributed by atoms with E-state index >= 15 is 0 Å². The molecule has 1 amide bonds. The molecule has 2 saturated heterocycles. The van der Waals surface area contributed by atoms with E-state index in [0.29, 0.717) is 18.3 Å². The van der Waals surface area contributed by atoms with E-state index in [2.05, 4.69) is 33.0 Å². The summed E-state index contributed by atoms with van der Waals surface area (Å²) in [5, 5.41) is 3.44. The van der Waals surface area contributed by atoms with Crippen molar-refractivity contribution in [3.63, 3.8) is 0 Å². The lowest BCUT2D eigenvalue weighted by Crippen LogP contribution is -2.45. The maximum absolute atomic E-state index is 12.7. The van der Waals surface area contributed by atoms with Gasteiger partial charge in [0.15, 0.2) is 9.84 Å². The summed E-state index contributed by atoms with van der Waals surface area (Å²) in [7, 11) is -2.97. The Kier molecular flexibility index (Phi) is 4.98. The van der Waals surface area contributed by atoms with Crippen molar-refractivity contribution in [1.29, 1.82) is 0 Å². The second kappa shape index (κ2) is 6.24. The van der Waals surface area contributed by atoms with Gasteiger partial charge in [0.1, 0.15) is 0 Å². The van der Waals surface area contributed by atoms with Crippen molar-refractivity contribution >= 4 is 15.7 Å². The second-order valence-electron chi connectivity index (χ2n) is 7.30. The van der Waals surface area contributed by atoms with Crippen LogP contribution in [0.25, 0.3) is 0 Å². The maximum Gasteiger partial charge on any atom is 0.241 e. The van der Waals surface area contributed by atoms with Gasteiger partial charge >= 0.3 is 0 Å². The van der Waals surface area contributed by atoms with Crippen LogP contribution < -0.4 is 5.32 Å². The van der Waals surface area contributed by atoms with E-state index in [0.717, 1.165) is 12.8 Å². The standard InChI is InChI=1S/C15H28N2O3S/c1-10(2)7-13-15(18)17(14(16-13)8-11(3)4)12-5-6-21(19,20)9-12/h10-14,16H,5-9H2,1-4H3. The first-order valence-electron chi connectivity index (χ1n) is 7.98. The minimum absolute atomic E-state index is 0.0143. The molecule has 2 aliphatic heterocycles. The van der Waals surface area contributed by atoms with Crippen molar-refractivity contribution in [2.45, 2.75) is 65.2 Å². The highest BCUT2D eigenvalue weighted by Gasteiger charge is 2.45. The van der Waals surface area contributed by atoms with E-state index < -0.39 is 9.84 Å². The summed E-state index contributed by atoms with van der Waals surface area (Å²) in [5.74, 6) is 1.34. The third-order valence-electron chi connectivity index (χ3n) is 4.29. The molecule has 2 fully saturated rings. The molecule has 0 saturated carbocycles. The predicted octanol–water partition coefficient (Wildman–Crippen LogP) is 1.39. The molecule has 3 atom stereocenters. The molecule has 1 N–H and O–H groups in total. The lowest BCUT2D eigenvalue weighted by Gasteiger charge is -2.30. The Morgan fingerprint density at radius 1 is 1.19 bits per heavy atom. The van der Waals surface area contributed by atoms with Crippen LogP contribution in [0.1, 0.15) is 47.0 Å². The van der Waals surface area contributed by atoms with Crippen LogP contribution in [0.3, 0.4) is 0 Å². The Morgan fingerprint density at radius 2 is 1.81 bits per heavy atom. The van der Waals surface area contributed by atoms with Crippen LogP contribution in [-0.2, 0) is 14.6 Å². The Hall–Kier alpha value is -0.620. The van der Waals surface area contributed by atoms with Crippen LogP contribution in [0.15, 0.2) is 0 Å². The van der Waals surface area contributed by atoms with Gasteiger partial charge in [0, 0.05) is 6.04 Å². The van der Waals surface area contributed by atoms with E-state index in [1.807, 2.05) is 4.90 Å². The summed E-state index contributed by atoms with van der Waals surface area (Å²) in [6.07, 6.45) is 2.25. The normalized spacial score (nSPS) is 32.6. The smallest absolute Gasteiger partial charge is 0.241 e. The second-order valence-corrected chi connectivity index (χ2v) is 9.53. The van der Waals surface area contributed by atoms with E-state index in [1.165, 1.54) is 0 Å². The molecule has 2 heterocycles. The fourth-order valence-electron chi connectivity index (χ4n) is 3.41. The van der Waals surface area contributed by atoms with E-state index in [4.69, 9.17) is 0 Å². The first kappa shape index (κ1) is 16.7. The molecule has 0 radical (unpaired) electrons. The van der Waals surface area contributed by atoms with Crippen molar-refractivity contribution in [3.8, 4) is 0 Å². The third kappa shape index (κ3) is 3.97. The minimum Gasteiger partial charge on any atom is -0.322 e. The minimum atomic E-state index is -2.97. The molecule has 0 aliphatic carbocycles. The van der Waals surface area contributed by atoms with E-state index in [-0.39, 0.29) is 35.7 Å². The number of nitrogens with zero attached hydrogens (tertiary/aromatic N) is 1. The molecule has 0 aromatic rings. The quantitative estimate of drug-likeness (QED) is 0.832. The van der Waals surface area contributed by atoms with Crippen LogP contribution >= 0.6 is 0 Å². The zero-order chi connectivity index (χ0) is 15.8. The van der Waals surface area contributed by atoms with Gasteiger partial charge in [-0.05, 0) is 31.1 Å². The SMILES string of the molecule is CC(C)CC1NC(CC(C)C)N(C2CCS(=O)(=O)C2)C1=O. The van der Waals surface area contributed by atoms with Crippen LogP contribution in [0, 0.1) is 11.8 Å². The van der Waals surface area contributed by atoms with Gasteiger partial charge in [-0.1, -0.05) is 27.7 Å². The van der Waals surface area contributed by atoms with Crippen LogP contribution in [0.4, 0.5) is 0 Å². The number of nitrogens with one attached hydrogen (secondary N) is 1. The first-order chi connectivity index (χ1) is 9.69. The molecule has 0 spiro atoms.